The molecule has 6 rings (SSSR count). The molecule has 3 aromatic carbocycles. The predicted molar refractivity (Wildman–Crippen MR) is 161 cm³/mol. The smallest absolute Gasteiger partial charge is 0.121 e. The third-order valence-electron chi connectivity index (χ3n) is 7.16. The minimum absolute atomic E-state index is 0.498. The van der Waals surface area contributed by atoms with Gasteiger partial charge in [-0.15, -0.1) is 11.3 Å². The molecule has 0 spiro atoms. The van der Waals surface area contributed by atoms with E-state index in [1.54, 1.807) is 18.4 Å². The fourth-order valence-corrected chi connectivity index (χ4v) is 6.17. The zero-order valence-electron chi connectivity index (χ0n) is 22.2. The molecule has 3 heterocycles. The largest absolute Gasteiger partial charge is 0.497 e. The summed E-state index contributed by atoms with van der Waals surface area (Å²) in [5, 5.41) is 3.60. The number of likely N-dealkylation sites (tertiary alicyclic amines) is 1. The quantitative estimate of drug-likeness (QED) is 0.206. The normalized spacial score (nSPS) is 13.9. The van der Waals surface area contributed by atoms with E-state index in [-0.39, 0.29) is 0 Å². The van der Waals surface area contributed by atoms with Crippen LogP contribution in [0.15, 0.2) is 91.1 Å². The van der Waals surface area contributed by atoms with E-state index in [1.807, 2.05) is 54.7 Å². The molecule has 5 nitrogen and oxygen atoms in total. The molecule has 1 aliphatic heterocycles. The lowest BCUT2D eigenvalue weighted by Crippen LogP contribution is -2.29. The lowest BCUT2D eigenvalue weighted by molar-refractivity contribution is 0.221. The molecule has 5 aromatic rings. The number of anilines is 2. The summed E-state index contributed by atoms with van der Waals surface area (Å²) in [6.45, 7) is 3.94. The van der Waals surface area contributed by atoms with E-state index >= 15 is 0 Å². The second-order valence-corrected chi connectivity index (χ2v) is 11.1. The Kier molecular flexibility index (Phi) is 7.75. The number of pyridine rings is 1. The molecule has 0 radical (unpaired) electrons. The molecule has 0 unspecified atom stereocenters. The van der Waals surface area contributed by atoms with Gasteiger partial charge in [-0.25, -0.2) is 0 Å². The lowest BCUT2D eigenvalue weighted by Gasteiger charge is -2.26. The Morgan fingerprint density at radius 2 is 1.69 bits per heavy atom. The number of ether oxygens (including phenoxy) is 2. The fourth-order valence-electron chi connectivity index (χ4n) is 5.08. The van der Waals surface area contributed by atoms with E-state index in [1.165, 1.54) is 48.4 Å². The van der Waals surface area contributed by atoms with E-state index in [9.17, 15) is 0 Å². The minimum atomic E-state index is 0.498. The van der Waals surface area contributed by atoms with Gasteiger partial charge in [0.05, 0.1) is 23.0 Å². The number of methoxy groups -OCH3 is 1. The molecular formula is C33H33N3O2S. The molecule has 39 heavy (non-hydrogen) atoms. The Morgan fingerprint density at radius 1 is 0.846 bits per heavy atom. The van der Waals surface area contributed by atoms with Gasteiger partial charge in [0, 0.05) is 29.4 Å². The van der Waals surface area contributed by atoms with Crippen molar-refractivity contribution >= 4 is 32.9 Å². The van der Waals surface area contributed by atoms with Crippen molar-refractivity contribution in [3.8, 4) is 21.9 Å². The van der Waals surface area contributed by atoms with Gasteiger partial charge in [-0.3, -0.25) is 9.88 Å². The van der Waals surface area contributed by atoms with Crippen LogP contribution in [0.3, 0.4) is 0 Å². The summed E-state index contributed by atoms with van der Waals surface area (Å²) in [6, 6.07) is 29.3. The Hall–Kier alpha value is -3.87. The highest BCUT2D eigenvalue weighted by molar-refractivity contribution is 7.22. The summed E-state index contributed by atoms with van der Waals surface area (Å²) >= 11 is 1.79. The number of benzene rings is 3. The molecular weight excluding hydrogens is 502 g/mol. The van der Waals surface area contributed by atoms with E-state index in [0.29, 0.717) is 6.61 Å². The number of piperidine rings is 1. The van der Waals surface area contributed by atoms with Gasteiger partial charge in [-0.1, -0.05) is 42.8 Å². The third-order valence-corrected chi connectivity index (χ3v) is 8.36. The number of nitrogens with zero attached hydrogens (tertiary/aromatic N) is 2. The van der Waals surface area contributed by atoms with Crippen molar-refractivity contribution in [2.45, 2.75) is 32.4 Å². The molecule has 198 valence electrons. The van der Waals surface area contributed by atoms with Gasteiger partial charge in [0.1, 0.15) is 18.1 Å². The molecule has 2 aromatic heterocycles. The first-order valence-corrected chi connectivity index (χ1v) is 14.4. The summed E-state index contributed by atoms with van der Waals surface area (Å²) in [5.74, 6) is 1.66. The standard InChI is InChI=1S/C33H33N3O2S/c1-37-28-13-11-24(12-14-28)23-38-29-10-6-9-27(20-29)35-30-15-16-34-31-21-32(39-33(30)31)26-8-5-7-25(19-26)22-36-17-3-2-4-18-36/h5-16,19-21H,2-4,17-18,22-23H2,1H3,(H,34,35). The van der Waals surface area contributed by atoms with Gasteiger partial charge in [0.15, 0.2) is 0 Å². The van der Waals surface area contributed by atoms with Crippen molar-refractivity contribution < 1.29 is 9.47 Å². The zero-order chi connectivity index (χ0) is 26.4. The number of aromatic nitrogens is 1. The first kappa shape index (κ1) is 25.4. The summed E-state index contributed by atoms with van der Waals surface area (Å²) in [7, 11) is 1.67. The molecule has 1 N–H and O–H groups in total. The highest BCUT2D eigenvalue weighted by Gasteiger charge is 2.13. The van der Waals surface area contributed by atoms with E-state index < -0.39 is 0 Å². The van der Waals surface area contributed by atoms with Crippen LogP contribution in [0.5, 0.6) is 11.5 Å². The molecule has 1 fully saturated rings. The van der Waals surface area contributed by atoms with Crippen LogP contribution in [-0.4, -0.2) is 30.1 Å². The maximum atomic E-state index is 6.06. The molecule has 0 bridgehead atoms. The first-order valence-electron chi connectivity index (χ1n) is 13.6. The molecule has 0 saturated carbocycles. The fraction of sp³-hybridized carbons (Fsp3) is 0.242. The van der Waals surface area contributed by atoms with Crippen LogP contribution in [0, 0.1) is 0 Å². The summed E-state index contributed by atoms with van der Waals surface area (Å²) in [4.78, 5) is 8.48. The monoisotopic (exact) mass is 535 g/mol. The maximum absolute atomic E-state index is 6.06. The molecule has 0 aliphatic carbocycles. The molecule has 6 heteroatoms. The average molecular weight is 536 g/mol. The van der Waals surface area contributed by atoms with Crippen molar-refractivity contribution in [1.82, 2.24) is 9.88 Å². The summed E-state index contributed by atoms with van der Waals surface area (Å²) in [5.41, 5.74) is 6.77. The van der Waals surface area contributed by atoms with Gasteiger partial charge < -0.3 is 14.8 Å². The van der Waals surface area contributed by atoms with Crippen molar-refractivity contribution in [1.29, 1.82) is 0 Å². The highest BCUT2D eigenvalue weighted by atomic mass is 32.1. The van der Waals surface area contributed by atoms with Crippen LogP contribution in [-0.2, 0) is 13.2 Å². The summed E-state index contributed by atoms with van der Waals surface area (Å²) in [6.07, 6.45) is 5.87. The number of nitrogens with one attached hydrogen (secondary N) is 1. The van der Waals surface area contributed by atoms with Gasteiger partial charge >= 0.3 is 0 Å². The van der Waals surface area contributed by atoms with Crippen molar-refractivity contribution in [3.63, 3.8) is 0 Å². The second kappa shape index (κ2) is 11.9. The van der Waals surface area contributed by atoms with Crippen molar-refractivity contribution in [2.75, 3.05) is 25.5 Å². The predicted octanol–water partition coefficient (Wildman–Crippen LogP) is 8.28. The molecule has 1 aliphatic rings. The lowest BCUT2D eigenvalue weighted by atomic mass is 10.1. The van der Waals surface area contributed by atoms with Crippen LogP contribution in [0.1, 0.15) is 30.4 Å². The second-order valence-electron chi connectivity index (χ2n) is 10.0. The Bertz CT molecular complexity index is 1540. The number of hydrogen-bond donors (Lipinski definition) is 1. The van der Waals surface area contributed by atoms with Crippen LogP contribution in [0.25, 0.3) is 20.7 Å². The average Bonchev–Trinajstić information content (AvgIpc) is 3.43. The number of rotatable bonds is 9. The van der Waals surface area contributed by atoms with Crippen LogP contribution in [0.2, 0.25) is 0 Å². The highest BCUT2D eigenvalue weighted by Crippen LogP contribution is 2.38. The van der Waals surface area contributed by atoms with E-state index in [2.05, 4.69) is 51.6 Å². The third kappa shape index (κ3) is 6.24. The molecule has 1 saturated heterocycles. The Labute approximate surface area is 234 Å². The Morgan fingerprint density at radius 3 is 2.54 bits per heavy atom. The van der Waals surface area contributed by atoms with Gasteiger partial charge in [-0.2, -0.15) is 0 Å². The summed E-state index contributed by atoms with van der Waals surface area (Å²) < 4.78 is 12.5. The minimum Gasteiger partial charge on any atom is -0.497 e. The van der Waals surface area contributed by atoms with Gasteiger partial charge in [-0.05, 0) is 85.1 Å². The first-order chi connectivity index (χ1) is 19.2. The number of fused-ring (bicyclic) bond motifs is 1. The van der Waals surface area contributed by atoms with Gasteiger partial charge in [0.2, 0.25) is 0 Å². The van der Waals surface area contributed by atoms with Crippen LogP contribution < -0.4 is 14.8 Å². The topological polar surface area (TPSA) is 46.6 Å². The van der Waals surface area contributed by atoms with Crippen molar-refractivity contribution in [2.24, 2.45) is 0 Å². The maximum Gasteiger partial charge on any atom is 0.121 e. The van der Waals surface area contributed by atoms with Crippen LogP contribution in [0.4, 0.5) is 11.4 Å². The number of hydrogen-bond acceptors (Lipinski definition) is 6. The SMILES string of the molecule is COc1ccc(COc2cccc(Nc3ccnc4cc(-c5cccc(CN6CCCCC6)c5)sc34)c2)cc1. The van der Waals surface area contributed by atoms with Crippen LogP contribution >= 0.6 is 11.3 Å². The van der Waals surface area contributed by atoms with Gasteiger partial charge in [0.25, 0.3) is 0 Å². The molecule has 0 amide bonds. The number of thiophene rings is 1. The molecule has 0 atom stereocenters. The van der Waals surface area contributed by atoms with E-state index in [0.717, 1.165) is 45.2 Å². The Balaban J connectivity index is 1.17. The zero-order valence-corrected chi connectivity index (χ0v) is 23.0. The van der Waals surface area contributed by atoms with E-state index in [4.69, 9.17) is 9.47 Å². The van der Waals surface area contributed by atoms with Crippen molar-refractivity contribution in [3.05, 3.63) is 102 Å².